The highest BCUT2D eigenvalue weighted by atomic mass is 32.2. The van der Waals surface area contributed by atoms with Crippen molar-refractivity contribution in [3.63, 3.8) is 0 Å². The Hall–Kier alpha value is -2.54. The molecule has 0 bridgehead atoms. The first-order valence-electron chi connectivity index (χ1n) is 9.67. The molecular formula is C22H30N2O4S. The zero-order valence-corrected chi connectivity index (χ0v) is 18.7. The van der Waals surface area contributed by atoms with Crippen molar-refractivity contribution >= 4 is 21.6 Å². The van der Waals surface area contributed by atoms with Crippen molar-refractivity contribution in [2.24, 2.45) is 0 Å². The molecule has 0 aliphatic carbocycles. The van der Waals surface area contributed by atoms with Crippen LogP contribution in [0.25, 0.3) is 0 Å². The Labute approximate surface area is 173 Å². The highest BCUT2D eigenvalue weighted by molar-refractivity contribution is 7.92. The van der Waals surface area contributed by atoms with Crippen molar-refractivity contribution in [1.82, 2.24) is 5.32 Å². The number of hydrogen-bond acceptors (Lipinski definition) is 4. The van der Waals surface area contributed by atoms with Gasteiger partial charge in [0.15, 0.2) is 0 Å². The Morgan fingerprint density at radius 3 is 2.21 bits per heavy atom. The summed E-state index contributed by atoms with van der Waals surface area (Å²) in [4.78, 5) is 12.7. The van der Waals surface area contributed by atoms with Gasteiger partial charge < -0.3 is 10.1 Å². The molecule has 0 spiro atoms. The molecule has 7 heteroatoms. The lowest BCUT2D eigenvalue weighted by Crippen LogP contribution is -2.27. The number of nitrogens with one attached hydrogen (secondary N) is 2. The lowest BCUT2D eigenvalue weighted by atomic mass is 9.93. The normalized spacial score (nSPS) is 12.5. The fourth-order valence-electron chi connectivity index (χ4n) is 3.11. The van der Waals surface area contributed by atoms with Crippen LogP contribution >= 0.6 is 0 Å². The van der Waals surface area contributed by atoms with Crippen LogP contribution in [0.15, 0.2) is 36.4 Å². The second-order valence-corrected chi connectivity index (χ2v) is 9.39. The van der Waals surface area contributed by atoms with Gasteiger partial charge in [-0.05, 0) is 79.8 Å². The molecule has 1 amide bonds. The van der Waals surface area contributed by atoms with E-state index in [2.05, 4.69) is 30.0 Å². The summed E-state index contributed by atoms with van der Waals surface area (Å²) in [6.07, 6.45) is 0. The maximum Gasteiger partial charge on any atom is 0.251 e. The van der Waals surface area contributed by atoms with Gasteiger partial charge in [-0.15, -0.1) is 0 Å². The molecule has 0 unspecified atom stereocenters. The number of aryl methyl sites for hydroxylation is 1. The Morgan fingerprint density at radius 1 is 1.07 bits per heavy atom. The van der Waals surface area contributed by atoms with E-state index in [1.54, 1.807) is 38.3 Å². The van der Waals surface area contributed by atoms with Crippen LogP contribution in [-0.2, 0) is 10.0 Å². The second-order valence-electron chi connectivity index (χ2n) is 7.38. The minimum Gasteiger partial charge on any atom is -0.496 e. The summed E-state index contributed by atoms with van der Waals surface area (Å²) < 4.78 is 31.2. The summed E-state index contributed by atoms with van der Waals surface area (Å²) in [5.41, 5.74) is 4.08. The average Bonchev–Trinajstić information content (AvgIpc) is 2.67. The Balaban J connectivity index is 2.17. The van der Waals surface area contributed by atoms with Crippen LogP contribution in [0.2, 0.25) is 0 Å². The number of sulfonamides is 1. The smallest absolute Gasteiger partial charge is 0.251 e. The molecule has 0 aromatic heterocycles. The van der Waals surface area contributed by atoms with Crippen molar-refractivity contribution in [1.29, 1.82) is 0 Å². The number of ether oxygens (including phenoxy) is 1. The maximum absolute atomic E-state index is 12.7. The van der Waals surface area contributed by atoms with E-state index in [0.717, 1.165) is 22.4 Å². The quantitative estimate of drug-likeness (QED) is 0.666. The van der Waals surface area contributed by atoms with Crippen LogP contribution in [0.3, 0.4) is 0 Å². The molecule has 29 heavy (non-hydrogen) atoms. The number of carbonyl (C=O) groups is 1. The molecule has 0 heterocycles. The summed E-state index contributed by atoms with van der Waals surface area (Å²) in [5.74, 6) is 0.923. The number of benzene rings is 2. The molecule has 0 aliphatic rings. The van der Waals surface area contributed by atoms with Gasteiger partial charge in [-0.3, -0.25) is 9.52 Å². The zero-order valence-electron chi connectivity index (χ0n) is 17.9. The van der Waals surface area contributed by atoms with Gasteiger partial charge in [-0.25, -0.2) is 8.42 Å². The van der Waals surface area contributed by atoms with Crippen molar-refractivity contribution < 1.29 is 17.9 Å². The molecule has 0 radical (unpaired) electrons. The topological polar surface area (TPSA) is 84.5 Å². The first-order chi connectivity index (χ1) is 13.6. The number of anilines is 1. The van der Waals surface area contributed by atoms with Crippen molar-refractivity contribution in [2.75, 3.05) is 17.6 Å². The van der Waals surface area contributed by atoms with Gasteiger partial charge in [0.2, 0.25) is 10.0 Å². The number of hydrogen-bond donors (Lipinski definition) is 2. The van der Waals surface area contributed by atoms with E-state index in [1.807, 2.05) is 19.9 Å². The molecular weight excluding hydrogens is 388 g/mol. The molecule has 0 saturated carbocycles. The molecule has 2 aromatic rings. The maximum atomic E-state index is 12.7. The number of amides is 1. The molecule has 6 nitrogen and oxygen atoms in total. The first-order valence-corrected chi connectivity index (χ1v) is 11.3. The fraction of sp³-hybridized carbons (Fsp3) is 0.409. The van der Waals surface area contributed by atoms with E-state index < -0.39 is 10.0 Å². The highest BCUT2D eigenvalue weighted by Crippen LogP contribution is 2.32. The molecule has 0 saturated heterocycles. The van der Waals surface area contributed by atoms with E-state index in [4.69, 9.17) is 4.74 Å². The molecule has 0 aliphatic heterocycles. The van der Waals surface area contributed by atoms with Gasteiger partial charge >= 0.3 is 0 Å². The van der Waals surface area contributed by atoms with Crippen molar-refractivity contribution in [2.45, 2.75) is 46.6 Å². The van der Waals surface area contributed by atoms with E-state index in [-0.39, 0.29) is 17.7 Å². The Morgan fingerprint density at radius 2 is 1.69 bits per heavy atom. The third-order valence-electron chi connectivity index (χ3n) is 4.85. The number of carbonyl (C=O) groups excluding carboxylic acids is 1. The molecule has 158 valence electrons. The summed E-state index contributed by atoms with van der Waals surface area (Å²) in [7, 11) is -1.68. The first kappa shape index (κ1) is 22.7. The van der Waals surface area contributed by atoms with Crippen LogP contribution in [-0.4, -0.2) is 27.2 Å². The van der Waals surface area contributed by atoms with E-state index in [0.29, 0.717) is 17.2 Å². The summed E-state index contributed by atoms with van der Waals surface area (Å²) in [6, 6.07) is 10.3. The van der Waals surface area contributed by atoms with Gasteiger partial charge in [-0.1, -0.05) is 13.8 Å². The molecule has 1 atom stereocenters. The number of methoxy groups -OCH3 is 1. The van der Waals surface area contributed by atoms with Gasteiger partial charge in [-0.2, -0.15) is 0 Å². The SMILES string of the molecule is CCS(=O)(=O)Nc1ccc(C(=O)N[C@H](C)c2cc(C(C)C)c(OC)cc2C)cc1. The van der Waals surface area contributed by atoms with Gasteiger partial charge in [0.05, 0.1) is 18.9 Å². The largest absolute Gasteiger partial charge is 0.496 e. The third kappa shape index (κ3) is 5.73. The monoisotopic (exact) mass is 418 g/mol. The fourth-order valence-corrected chi connectivity index (χ4v) is 3.75. The molecule has 2 aromatic carbocycles. The minimum atomic E-state index is -3.34. The van der Waals surface area contributed by atoms with Gasteiger partial charge in [0, 0.05) is 11.3 Å². The summed E-state index contributed by atoms with van der Waals surface area (Å²) in [5, 5.41) is 3.02. The van der Waals surface area contributed by atoms with Gasteiger partial charge in [0.25, 0.3) is 5.91 Å². The lowest BCUT2D eigenvalue weighted by Gasteiger charge is -2.21. The average molecular weight is 419 g/mol. The van der Waals surface area contributed by atoms with E-state index >= 15 is 0 Å². The van der Waals surface area contributed by atoms with Crippen LogP contribution in [0, 0.1) is 6.92 Å². The van der Waals surface area contributed by atoms with Crippen LogP contribution in [0.1, 0.15) is 66.7 Å². The molecule has 0 fully saturated rings. The predicted octanol–water partition coefficient (Wildman–Crippen LogP) is 4.38. The van der Waals surface area contributed by atoms with Crippen molar-refractivity contribution in [3.8, 4) is 5.75 Å². The van der Waals surface area contributed by atoms with E-state index in [1.165, 1.54) is 0 Å². The van der Waals surface area contributed by atoms with Crippen LogP contribution in [0.5, 0.6) is 5.75 Å². The highest BCUT2D eigenvalue weighted by Gasteiger charge is 2.17. The minimum absolute atomic E-state index is 0.00761. The van der Waals surface area contributed by atoms with E-state index in [9.17, 15) is 13.2 Å². The Bertz CT molecular complexity index is 967. The lowest BCUT2D eigenvalue weighted by molar-refractivity contribution is 0.0940. The van der Waals surface area contributed by atoms with Gasteiger partial charge in [0.1, 0.15) is 5.75 Å². The van der Waals surface area contributed by atoms with Crippen molar-refractivity contribution in [3.05, 3.63) is 58.7 Å². The zero-order chi connectivity index (χ0) is 21.8. The molecule has 2 rings (SSSR count). The molecule has 2 N–H and O–H groups in total. The standard InChI is InChI=1S/C22H30N2O4S/c1-7-29(26,27)24-18-10-8-17(9-11-18)22(25)23-16(5)20-13-19(14(2)3)21(28-6)12-15(20)4/h8-14,16,24H,7H2,1-6H3,(H,23,25)/t16-/m1/s1. The van der Waals surface area contributed by atoms with Crippen LogP contribution in [0.4, 0.5) is 5.69 Å². The van der Waals surface area contributed by atoms with Crippen LogP contribution < -0.4 is 14.8 Å². The summed E-state index contributed by atoms with van der Waals surface area (Å²) in [6.45, 7) is 9.72. The Kier molecular flexibility index (Phi) is 7.30. The third-order valence-corrected chi connectivity index (χ3v) is 6.16. The summed E-state index contributed by atoms with van der Waals surface area (Å²) >= 11 is 0. The predicted molar refractivity (Wildman–Crippen MR) is 117 cm³/mol. The number of rotatable bonds is 8. The second kappa shape index (κ2) is 9.31.